The summed E-state index contributed by atoms with van der Waals surface area (Å²) in [6.07, 6.45) is 4.96. The molecule has 2 aromatic heterocycles. The number of nitrogens with zero attached hydrogens (tertiary/aromatic N) is 2. The maximum atomic E-state index is 5.61. The average molecular weight is 261 g/mol. The van der Waals surface area contributed by atoms with Gasteiger partial charge in [0.1, 0.15) is 5.76 Å². The number of hydrogen-bond donors (Lipinski definition) is 1. The summed E-state index contributed by atoms with van der Waals surface area (Å²) in [7, 11) is 1.96. The van der Waals surface area contributed by atoms with Crippen molar-refractivity contribution in [2.45, 2.75) is 39.7 Å². The number of nitrogens with one attached hydrogen (secondary N) is 1. The van der Waals surface area contributed by atoms with Crippen LogP contribution in [0.5, 0.6) is 0 Å². The highest BCUT2D eigenvalue weighted by Gasteiger charge is 2.17. The fraction of sp³-hybridized carbons (Fsp3) is 0.533. The Labute approximate surface area is 114 Å². The van der Waals surface area contributed by atoms with E-state index in [-0.39, 0.29) is 0 Å². The Hall–Kier alpha value is -1.55. The van der Waals surface area contributed by atoms with E-state index in [9.17, 15) is 0 Å². The first-order chi connectivity index (χ1) is 9.13. The van der Waals surface area contributed by atoms with Crippen molar-refractivity contribution >= 4 is 0 Å². The van der Waals surface area contributed by atoms with Crippen molar-refractivity contribution in [2.75, 3.05) is 6.54 Å². The Balaban J connectivity index is 2.29. The van der Waals surface area contributed by atoms with Crippen LogP contribution in [0.3, 0.4) is 0 Å². The summed E-state index contributed by atoms with van der Waals surface area (Å²) >= 11 is 0. The van der Waals surface area contributed by atoms with E-state index in [0.29, 0.717) is 5.92 Å². The minimum atomic E-state index is 0.405. The van der Waals surface area contributed by atoms with E-state index in [2.05, 4.69) is 37.4 Å². The minimum absolute atomic E-state index is 0.405. The van der Waals surface area contributed by atoms with Gasteiger partial charge in [0, 0.05) is 24.4 Å². The molecule has 2 heterocycles. The molecule has 2 aromatic rings. The fourth-order valence-corrected chi connectivity index (χ4v) is 2.24. The molecule has 19 heavy (non-hydrogen) atoms. The summed E-state index contributed by atoms with van der Waals surface area (Å²) in [4.78, 5) is 0. The second kappa shape index (κ2) is 6.06. The lowest BCUT2D eigenvalue weighted by Crippen LogP contribution is -2.13. The number of furan rings is 1. The summed E-state index contributed by atoms with van der Waals surface area (Å²) in [5, 5.41) is 7.94. The second-order valence-electron chi connectivity index (χ2n) is 5.19. The predicted molar refractivity (Wildman–Crippen MR) is 77.0 cm³/mol. The molecule has 104 valence electrons. The van der Waals surface area contributed by atoms with Gasteiger partial charge in [-0.1, -0.05) is 20.8 Å². The van der Waals surface area contributed by atoms with E-state index in [4.69, 9.17) is 4.42 Å². The van der Waals surface area contributed by atoms with Gasteiger partial charge in [0.15, 0.2) is 0 Å². The highest BCUT2D eigenvalue weighted by molar-refractivity contribution is 5.67. The lowest BCUT2D eigenvalue weighted by atomic mass is 10.0. The van der Waals surface area contributed by atoms with E-state index in [0.717, 1.165) is 36.5 Å². The third-order valence-corrected chi connectivity index (χ3v) is 3.15. The van der Waals surface area contributed by atoms with Gasteiger partial charge in [0.05, 0.1) is 18.5 Å². The predicted octanol–water partition coefficient (Wildman–Crippen LogP) is 3.30. The molecule has 0 aromatic carbocycles. The summed E-state index contributed by atoms with van der Waals surface area (Å²) in [5.41, 5.74) is 3.46. The Morgan fingerprint density at radius 2 is 2.16 bits per heavy atom. The van der Waals surface area contributed by atoms with E-state index in [1.165, 1.54) is 5.56 Å². The van der Waals surface area contributed by atoms with Crippen LogP contribution in [-0.2, 0) is 13.6 Å². The van der Waals surface area contributed by atoms with Crippen LogP contribution < -0.4 is 5.32 Å². The largest absolute Gasteiger partial charge is 0.467 e. The fourth-order valence-electron chi connectivity index (χ4n) is 2.24. The molecular formula is C15H23N3O. The summed E-state index contributed by atoms with van der Waals surface area (Å²) in [6.45, 7) is 8.27. The van der Waals surface area contributed by atoms with Gasteiger partial charge in [0.2, 0.25) is 0 Å². The molecule has 0 fully saturated rings. The van der Waals surface area contributed by atoms with Crippen LogP contribution in [0.25, 0.3) is 11.1 Å². The van der Waals surface area contributed by atoms with Gasteiger partial charge >= 0.3 is 0 Å². The topological polar surface area (TPSA) is 43.0 Å². The van der Waals surface area contributed by atoms with Gasteiger partial charge in [-0.3, -0.25) is 4.68 Å². The van der Waals surface area contributed by atoms with Gasteiger partial charge in [-0.25, -0.2) is 0 Å². The lowest BCUT2D eigenvalue weighted by molar-refractivity contribution is 0.484. The molecule has 0 saturated heterocycles. The van der Waals surface area contributed by atoms with Crippen LogP contribution in [0.2, 0.25) is 0 Å². The molecule has 4 nitrogen and oxygen atoms in total. The lowest BCUT2D eigenvalue weighted by Gasteiger charge is -2.06. The van der Waals surface area contributed by atoms with Crippen LogP contribution in [0.4, 0.5) is 0 Å². The molecule has 0 unspecified atom stereocenters. The Bertz CT molecular complexity index is 525. The summed E-state index contributed by atoms with van der Waals surface area (Å²) < 4.78 is 7.49. The quantitative estimate of drug-likeness (QED) is 0.811. The van der Waals surface area contributed by atoms with E-state index < -0.39 is 0 Å². The van der Waals surface area contributed by atoms with Crippen molar-refractivity contribution in [2.24, 2.45) is 7.05 Å². The minimum Gasteiger partial charge on any atom is -0.467 e. The highest BCUT2D eigenvalue weighted by atomic mass is 16.3. The Kier molecular flexibility index (Phi) is 4.43. The second-order valence-corrected chi connectivity index (χ2v) is 5.19. The molecule has 0 aliphatic heterocycles. The van der Waals surface area contributed by atoms with Gasteiger partial charge in [-0.2, -0.15) is 5.10 Å². The van der Waals surface area contributed by atoms with Crippen LogP contribution >= 0.6 is 0 Å². The first-order valence-electron chi connectivity index (χ1n) is 6.94. The van der Waals surface area contributed by atoms with Crippen LogP contribution in [0.15, 0.2) is 22.9 Å². The first-order valence-corrected chi connectivity index (χ1v) is 6.94. The molecule has 1 N–H and O–H groups in total. The average Bonchev–Trinajstić information content (AvgIpc) is 2.95. The number of aromatic nitrogens is 2. The smallest absolute Gasteiger partial charge is 0.125 e. The van der Waals surface area contributed by atoms with Crippen LogP contribution in [0.1, 0.15) is 44.6 Å². The van der Waals surface area contributed by atoms with Crippen molar-refractivity contribution in [1.29, 1.82) is 0 Å². The van der Waals surface area contributed by atoms with Crippen molar-refractivity contribution in [1.82, 2.24) is 15.1 Å². The molecule has 0 atom stereocenters. The van der Waals surface area contributed by atoms with E-state index in [1.807, 2.05) is 17.8 Å². The zero-order valence-electron chi connectivity index (χ0n) is 12.2. The molecule has 2 rings (SSSR count). The number of rotatable bonds is 6. The monoisotopic (exact) mass is 261 g/mol. The maximum absolute atomic E-state index is 5.61. The number of hydrogen-bond acceptors (Lipinski definition) is 3. The molecule has 4 heteroatoms. The molecular weight excluding hydrogens is 238 g/mol. The molecule has 0 amide bonds. The van der Waals surface area contributed by atoms with Crippen molar-refractivity contribution in [3.63, 3.8) is 0 Å². The maximum Gasteiger partial charge on any atom is 0.125 e. The van der Waals surface area contributed by atoms with Crippen molar-refractivity contribution < 1.29 is 4.42 Å². The van der Waals surface area contributed by atoms with Gasteiger partial charge < -0.3 is 9.73 Å². The van der Waals surface area contributed by atoms with Crippen molar-refractivity contribution in [3.05, 3.63) is 30.0 Å². The SMILES string of the molecule is CCCNCc1occc1-c1cn(C)nc1C(C)C. The summed E-state index contributed by atoms with van der Waals surface area (Å²) in [6, 6.07) is 2.03. The zero-order valence-corrected chi connectivity index (χ0v) is 12.2. The Morgan fingerprint density at radius 1 is 1.37 bits per heavy atom. The molecule has 0 spiro atoms. The van der Waals surface area contributed by atoms with Crippen LogP contribution in [-0.4, -0.2) is 16.3 Å². The van der Waals surface area contributed by atoms with Crippen molar-refractivity contribution in [3.8, 4) is 11.1 Å². The summed E-state index contributed by atoms with van der Waals surface area (Å²) in [5.74, 6) is 1.39. The Morgan fingerprint density at radius 3 is 2.84 bits per heavy atom. The molecule has 0 aliphatic rings. The zero-order chi connectivity index (χ0) is 13.8. The normalized spacial score (nSPS) is 11.4. The van der Waals surface area contributed by atoms with Gasteiger partial charge in [0.25, 0.3) is 0 Å². The molecule has 0 bridgehead atoms. The molecule has 0 saturated carbocycles. The van der Waals surface area contributed by atoms with E-state index >= 15 is 0 Å². The third kappa shape index (κ3) is 3.07. The molecule has 0 radical (unpaired) electrons. The highest BCUT2D eigenvalue weighted by Crippen LogP contribution is 2.31. The third-order valence-electron chi connectivity index (χ3n) is 3.15. The standard InChI is InChI=1S/C15H23N3O/c1-5-7-16-9-14-12(6-8-19-14)13-10-18(4)17-15(13)11(2)3/h6,8,10-11,16H,5,7,9H2,1-4H3. The molecule has 0 aliphatic carbocycles. The van der Waals surface area contributed by atoms with E-state index in [1.54, 1.807) is 6.26 Å². The van der Waals surface area contributed by atoms with Crippen LogP contribution in [0, 0.1) is 0 Å². The van der Waals surface area contributed by atoms with Gasteiger partial charge in [-0.15, -0.1) is 0 Å². The number of aryl methyl sites for hydroxylation is 1. The van der Waals surface area contributed by atoms with Gasteiger partial charge in [-0.05, 0) is 24.9 Å². The first kappa shape index (κ1) is 13.9.